The summed E-state index contributed by atoms with van der Waals surface area (Å²) >= 11 is 0. The van der Waals surface area contributed by atoms with Gasteiger partial charge in [0, 0.05) is 13.1 Å². The Kier molecular flexibility index (Phi) is 13.7. The molecule has 0 spiro atoms. The van der Waals surface area contributed by atoms with Crippen molar-refractivity contribution in [1.82, 2.24) is 15.5 Å². The van der Waals surface area contributed by atoms with Gasteiger partial charge in [-0.05, 0) is 49.5 Å². The van der Waals surface area contributed by atoms with E-state index in [2.05, 4.69) is 15.5 Å². The van der Waals surface area contributed by atoms with Crippen molar-refractivity contribution in [2.75, 3.05) is 32.8 Å². The summed E-state index contributed by atoms with van der Waals surface area (Å²) in [7, 11) is 0. The zero-order chi connectivity index (χ0) is 19.6. The van der Waals surface area contributed by atoms with E-state index in [1.807, 2.05) is 38.1 Å². The molecule has 1 aliphatic heterocycles. The molecule has 0 aliphatic carbocycles. The van der Waals surface area contributed by atoms with E-state index in [4.69, 9.17) is 10.5 Å². The molecule has 0 radical (unpaired) electrons. The highest BCUT2D eigenvalue weighted by atomic mass is 35.5. The van der Waals surface area contributed by atoms with Crippen molar-refractivity contribution in [1.29, 1.82) is 0 Å². The number of halogens is 2. The number of likely N-dealkylation sites (tertiary alicyclic amines) is 1. The number of nitrogens with zero attached hydrogens (tertiary/aromatic N) is 1. The minimum atomic E-state index is -0.601. The van der Waals surface area contributed by atoms with Crippen LogP contribution in [0.5, 0.6) is 5.75 Å². The van der Waals surface area contributed by atoms with Crippen LogP contribution in [0.1, 0.15) is 32.3 Å². The van der Waals surface area contributed by atoms with Gasteiger partial charge in [-0.25, -0.2) is 0 Å². The van der Waals surface area contributed by atoms with Crippen LogP contribution in [0.15, 0.2) is 24.3 Å². The maximum Gasteiger partial charge on any atom is 0.239 e. The topological polar surface area (TPSA) is 96.7 Å². The van der Waals surface area contributed by atoms with Gasteiger partial charge < -0.3 is 21.1 Å². The van der Waals surface area contributed by atoms with E-state index in [0.717, 1.165) is 17.9 Å². The van der Waals surface area contributed by atoms with Crippen LogP contribution in [0.4, 0.5) is 0 Å². The van der Waals surface area contributed by atoms with Gasteiger partial charge in [0.1, 0.15) is 12.4 Å². The second-order valence-electron chi connectivity index (χ2n) is 7.31. The van der Waals surface area contributed by atoms with E-state index >= 15 is 0 Å². The maximum atomic E-state index is 11.9. The summed E-state index contributed by atoms with van der Waals surface area (Å²) in [6.07, 6.45) is 2.57. The molecule has 0 bridgehead atoms. The normalized spacial score (nSPS) is 14.5. The van der Waals surface area contributed by atoms with Crippen molar-refractivity contribution >= 4 is 36.6 Å². The Morgan fingerprint density at radius 1 is 1.10 bits per heavy atom. The monoisotopic (exact) mass is 448 g/mol. The van der Waals surface area contributed by atoms with Crippen LogP contribution < -0.4 is 21.1 Å². The third-order valence-electron chi connectivity index (χ3n) is 4.73. The predicted octanol–water partition coefficient (Wildman–Crippen LogP) is 1.72. The van der Waals surface area contributed by atoms with Gasteiger partial charge in [-0.2, -0.15) is 0 Å². The number of carbonyl (C=O) groups is 2. The quantitative estimate of drug-likeness (QED) is 0.506. The van der Waals surface area contributed by atoms with Crippen molar-refractivity contribution in [2.45, 2.75) is 39.3 Å². The van der Waals surface area contributed by atoms with Crippen molar-refractivity contribution in [3.63, 3.8) is 0 Å². The highest BCUT2D eigenvalue weighted by molar-refractivity contribution is 5.87. The van der Waals surface area contributed by atoms with Crippen LogP contribution in [0, 0.1) is 5.92 Å². The molecule has 1 aromatic rings. The molecular weight excluding hydrogens is 415 g/mol. The van der Waals surface area contributed by atoms with E-state index in [9.17, 15) is 9.59 Å². The molecule has 1 aliphatic rings. The molecule has 4 N–H and O–H groups in total. The Hall–Kier alpha value is -1.54. The van der Waals surface area contributed by atoms with Gasteiger partial charge in [-0.15, -0.1) is 24.8 Å². The van der Waals surface area contributed by atoms with E-state index < -0.39 is 6.04 Å². The fraction of sp³-hybridized carbons (Fsp3) is 0.600. The molecule has 1 heterocycles. The molecule has 1 saturated heterocycles. The first-order chi connectivity index (χ1) is 13.0. The van der Waals surface area contributed by atoms with Crippen molar-refractivity contribution < 1.29 is 14.3 Å². The number of nitrogens with two attached hydrogens (primary N) is 1. The van der Waals surface area contributed by atoms with Crippen molar-refractivity contribution in [2.24, 2.45) is 11.7 Å². The summed E-state index contributed by atoms with van der Waals surface area (Å²) in [5.74, 6) is 0.309. The SMILES string of the molecule is CC(C)[C@H](N)C(=O)NCC(=O)NCc1ccc(OCCN2CCCC2)cc1.Cl.Cl. The van der Waals surface area contributed by atoms with Crippen LogP contribution >= 0.6 is 24.8 Å². The Balaban J connectivity index is 0.00000392. The highest BCUT2D eigenvalue weighted by Gasteiger charge is 2.17. The zero-order valence-electron chi connectivity index (χ0n) is 17.2. The molecule has 0 saturated carbocycles. The second-order valence-corrected chi connectivity index (χ2v) is 7.31. The van der Waals surface area contributed by atoms with E-state index in [-0.39, 0.29) is 49.1 Å². The minimum absolute atomic E-state index is 0. The highest BCUT2D eigenvalue weighted by Crippen LogP contribution is 2.13. The summed E-state index contributed by atoms with van der Waals surface area (Å²) in [5, 5.41) is 5.34. The molecule has 2 amide bonds. The zero-order valence-corrected chi connectivity index (χ0v) is 18.8. The Labute approximate surface area is 185 Å². The molecule has 166 valence electrons. The molecule has 1 atom stereocenters. The third-order valence-corrected chi connectivity index (χ3v) is 4.73. The van der Waals surface area contributed by atoms with Crippen LogP contribution in [0.2, 0.25) is 0 Å². The van der Waals surface area contributed by atoms with Crippen LogP contribution in [0.3, 0.4) is 0 Å². The molecule has 29 heavy (non-hydrogen) atoms. The lowest BCUT2D eigenvalue weighted by Crippen LogP contribution is -2.47. The molecule has 0 unspecified atom stereocenters. The van der Waals surface area contributed by atoms with Crippen molar-refractivity contribution in [3.05, 3.63) is 29.8 Å². The summed E-state index contributed by atoms with van der Waals surface area (Å²) in [6.45, 7) is 8.06. The van der Waals surface area contributed by atoms with Crippen molar-refractivity contribution in [3.8, 4) is 5.75 Å². The van der Waals surface area contributed by atoms with Crippen LogP contribution in [-0.2, 0) is 16.1 Å². The lowest BCUT2D eigenvalue weighted by Gasteiger charge is -2.15. The fourth-order valence-electron chi connectivity index (χ4n) is 2.85. The molecule has 1 aromatic carbocycles. The predicted molar refractivity (Wildman–Crippen MR) is 120 cm³/mol. The smallest absolute Gasteiger partial charge is 0.239 e. The van der Waals surface area contributed by atoms with Crippen LogP contribution in [-0.4, -0.2) is 55.5 Å². The molecule has 2 rings (SSSR count). The van der Waals surface area contributed by atoms with Gasteiger partial charge in [-0.3, -0.25) is 14.5 Å². The number of hydrogen-bond donors (Lipinski definition) is 3. The molecule has 7 nitrogen and oxygen atoms in total. The third kappa shape index (κ3) is 10.2. The number of benzene rings is 1. The van der Waals surface area contributed by atoms with E-state index in [0.29, 0.717) is 13.2 Å². The van der Waals surface area contributed by atoms with Gasteiger partial charge in [0.15, 0.2) is 0 Å². The Morgan fingerprint density at radius 2 is 1.72 bits per heavy atom. The number of carbonyl (C=O) groups excluding carboxylic acids is 2. The van der Waals surface area contributed by atoms with Crippen LogP contribution in [0.25, 0.3) is 0 Å². The Bertz CT molecular complexity index is 608. The molecule has 0 aromatic heterocycles. The second kappa shape index (κ2) is 14.4. The van der Waals surface area contributed by atoms with Gasteiger partial charge in [0.05, 0.1) is 12.6 Å². The van der Waals surface area contributed by atoms with Gasteiger partial charge >= 0.3 is 0 Å². The summed E-state index contributed by atoms with van der Waals surface area (Å²) in [5.41, 5.74) is 6.71. The number of rotatable bonds is 10. The number of ether oxygens (including phenoxy) is 1. The van der Waals surface area contributed by atoms with E-state index in [1.54, 1.807) is 0 Å². The van der Waals surface area contributed by atoms with Gasteiger partial charge in [0.2, 0.25) is 11.8 Å². The average molecular weight is 449 g/mol. The van der Waals surface area contributed by atoms with E-state index in [1.165, 1.54) is 25.9 Å². The standard InChI is InChI=1S/C20H32N4O3.2ClH/c1-15(2)19(21)20(26)23-14-18(25)22-13-16-5-7-17(8-6-16)27-12-11-24-9-3-4-10-24;;/h5-8,15,19H,3-4,9-14,21H2,1-2H3,(H,22,25)(H,23,26);2*1H/t19-;;/m0../s1. The first-order valence-corrected chi connectivity index (χ1v) is 9.70. The summed E-state index contributed by atoms with van der Waals surface area (Å²) in [4.78, 5) is 26.0. The maximum absolute atomic E-state index is 11.9. The molecular formula is C20H34Cl2N4O3. The first-order valence-electron chi connectivity index (χ1n) is 9.70. The first kappa shape index (κ1) is 27.5. The Morgan fingerprint density at radius 3 is 2.31 bits per heavy atom. The summed E-state index contributed by atoms with van der Waals surface area (Å²) < 4.78 is 5.77. The fourth-order valence-corrected chi connectivity index (χ4v) is 2.85. The van der Waals surface area contributed by atoms with Gasteiger partial charge in [-0.1, -0.05) is 26.0 Å². The average Bonchev–Trinajstić information content (AvgIpc) is 3.18. The lowest BCUT2D eigenvalue weighted by atomic mass is 10.1. The molecule has 9 heteroatoms. The largest absolute Gasteiger partial charge is 0.492 e. The number of hydrogen-bond acceptors (Lipinski definition) is 5. The number of amides is 2. The summed E-state index contributed by atoms with van der Waals surface area (Å²) in [6, 6.07) is 7.08. The van der Waals surface area contributed by atoms with Gasteiger partial charge in [0.25, 0.3) is 0 Å². The minimum Gasteiger partial charge on any atom is -0.492 e. The lowest BCUT2D eigenvalue weighted by molar-refractivity contribution is -0.127. The molecule has 1 fully saturated rings. The number of nitrogens with one attached hydrogen (secondary N) is 2.